The molecule has 0 spiro atoms. The molecular weight excluding hydrogens is 374 g/mol. The van der Waals surface area contributed by atoms with Crippen LogP contribution in [0.5, 0.6) is 11.5 Å². The minimum Gasteiger partial charge on any atom is -0.494 e. The quantitative estimate of drug-likeness (QED) is 0.613. The SMILES string of the molecule is CCOc1cc2c(cc1CN=C(N)N1CCN(c3nccs3)CC1)OC(C)C2. The van der Waals surface area contributed by atoms with Gasteiger partial charge in [0.25, 0.3) is 0 Å². The van der Waals surface area contributed by atoms with Crippen molar-refractivity contribution in [3.05, 3.63) is 34.8 Å². The Kier molecular flexibility index (Phi) is 5.57. The molecule has 8 heteroatoms. The van der Waals surface area contributed by atoms with Crippen molar-refractivity contribution in [1.29, 1.82) is 0 Å². The Bertz CT molecular complexity index is 831. The van der Waals surface area contributed by atoms with Gasteiger partial charge in [0, 0.05) is 55.3 Å². The molecule has 1 fully saturated rings. The number of aromatic nitrogens is 1. The van der Waals surface area contributed by atoms with Crippen molar-refractivity contribution in [1.82, 2.24) is 9.88 Å². The summed E-state index contributed by atoms with van der Waals surface area (Å²) in [6, 6.07) is 4.15. The lowest BCUT2D eigenvalue weighted by Crippen LogP contribution is -2.51. The predicted molar refractivity (Wildman–Crippen MR) is 113 cm³/mol. The number of aliphatic imine (C=N–C) groups is 1. The highest BCUT2D eigenvalue weighted by Gasteiger charge is 2.23. The first-order valence-corrected chi connectivity index (χ1v) is 10.7. The van der Waals surface area contributed by atoms with E-state index in [9.17, 15) is 0 Å². The summed E-state index contributed by atoms with van der Waals surface area (Å²) < 4.78 is 11.7. The molecule has 1 atom stereocenters. The van der Waals surface area contributed by atoms with Crippen LogP contribution in [0.3, 0.4) is 0 Å². The van der Waals surface area contributed by atoms with Crippen molar-refractivity contribution in [2.75, 3.05) is 37.7 Å². The zero-order valence-corrected chi connectivity index (χ0v) is 17.2. The summed E-state index contributed by atoms with van der Waals surface area (Å²) in [7, 11) is 0. The molecule has 0 bridgehead atoms. The molecule has 1 aromatic carbocycles. The molecule has 0 amide bonds. The molecule has 1 aromatic heterocycles. The van der Waals surface area contributed by atoms with E-state index >= 15 is 0 Å². The fourth-order valence-corrected chi connectivity index (χ4v) is 4.36. The van der Waals surface area contributed by atoms with Gasteiger partial charge in [0.1, 0.15) is 17.6 Å². The number of hydrogen-bond acceptors (Lipinski definition) is 6. The second kappa shape index (κ2) is 8.26. The fraction of sp³-hybridized carbons (Fsp3) is 0.500. The van der Waals surface area contributed by atoms with Crippen LogP contribution in [0.4, 0.5) is 5.13 Å². The highest BCUT2D eigenvalue weighted by atomic mass is 32.1. The normalized spacial score (nSPS) is 19.5. The second-order valence-corrected chi connectivity index (χ2v) is 7.97. The van der Waals surface area contributed by atoms with Gasteiger partial charge in [-0.3, -0.25) is 0 Å². The molecule has 2 N–H and O–H groups in total. The molecule has 2 aromatic rings. The molecule has 0 aliphatic carbocycles. The van der Waals surface area contributed by atoms with Crippen LogP contribution in [0.25, 0.3) is 0 Å². The van der Waals surface area contributed by atoms with Crippen molar-refractivity contribution < 1.29 is 9.47 Å². The summed E-state index contributed by atoms with van der Waals surface area (Å²) in [5.41, 5.74) is 8.51. The summed E-state index contributed by atoms with van der Waals surface area (Å²) in [4.78, 5) is 13.5. The topological polar surface area (TPSA) is 76.2 Å². The maximum absolute atomic E-state index is 6.29. The van der Waals surface area contributed by atoms with Gasteiger partial charge in [0.2, 0.25) is 0 Å². The monoisotopic (exact) mass is 401 g/mol. The molecule has 28 heavy (non-hydrogen) atoms. The van der Waals surface area contributed by atoms with Gasteiger partial charge in [-0.05, 0) is 26.0 Å². The van der Waals surface area contributed by atoms with E-state index in [1.165, 1.54) is 5.56 Å². The third-order valence-corrected chi connectivity index (χ3v) is 5.92. The molecule has 7 nitrogen and oxygen atoms in total. The molecule has 1 unspecified atom stereocenters. The Labute approximate surface area is 169 Å². The molecule has 4 rings (SSSR count). The van der Waals surface area contributed by atoms with Crippen LogP contribution in [0.1, 0.15) is 25.0 Å². The molecule has 0 saturated carbocycles. The summed E-state index contributed by atoms with van der Waals surface area (Å²) in [5, 5.41) is 3.08. The van der Waals surface area contributed by atoms with Gasteiger partial charge in [-0.1, -0.05) is 0 Å². The molecular formula is C20H27N5O2S. The highest BCUT2D eigenvalue weighted by Crippen LogP contribution is 2.35. The van der Waals surface area contributed by atoms with Crippen LogP contribution in [0.15, 0.2) is 28.7 Å². The number of nitrogens with two attached hydrogens (primary N) is 1. The summed E-state index contributed by atoms with van der Waals surface area (Å²) in [6.07, 6.45) is 2.98. The van der Waals surface area contributed by atoms with E-state index in [2.05, 4.69) is 38.8 Å². The number of nitrogens with zero attached hydrogens (tertiary/aromatic N) is 4. The third-order valence-electron chi connectivity index (χ3n) is 5.08. The second-order valence-electron chi connectivity index (χ2n) is 7.10. The Balaban J connectivity index is 1.42. The highest BCUT2D eigenvalue weighted by molar-refractivity contribution is 7.13. The largest absolute Gasteiger partial charge is 0.494 e. The minimum atomic E-state index is 0.211. The predicted octanol–water partition coefficient (Wildman–Crippen LogP) is 2.50. The minimum absolute atomic E-state index is 0.211. The zero-order valence-electron chi connectivity index (χ0n) is 16.4. The first kappa shape index (κ1) is 18.9. The molecule has 150 valence electrons. The molecule has 2 aliphatic heterocycles. The lowest BCUT2D eigenvalue weighted by Gasteiger charge is -2.35. The van der Waals surface area contributed by atoms with E-state index in [4.69, 9.17) is 15.2 Å². The number of rotatable bonds is 5. The molecule has 3 heterocycles. The third kappa shape index (κ3) is 4.01. The Morgan fingerprint density at radius 2 is 2.18 bits per heavy atom. The van der Waals surface area contributed by atoms with Crippen molar-refractivity contribution >= 4 is 22.4 Å². The van der Waals surface area contributed by atoms with Gasteiger partial charge in [0.15, 0.2) is 11.1 Å². The van der Waals surface area contributed by atoms with Gasteiger partial charge < -0.3 is 25.0 Å². The van der Waals surface area contributed by atoms with Crippen LogP contribution in [0.2, 0.25) is 0 Å². The van der Waals surface area contributed by atoms with Gasteiger partial charge in [-0.2, -0.15) is 0 Å². The number of piperazine rings is 1. The van der Waals surface area contributed by atoms with E-state index < -0.39 is 0 Å². The summed E-state index contributed by atoms with van der Waals surface area (Å²) >= 11 is 1.67. The lowest BCUT2D eigenvalue weighted by molar-refractivity contribution is 0.254. The standard InChI is InChI=1S/C20H27N5O2S/c1-3-26-17-11-15-10-14(2)27-18(15)12-16(17)13-23-19(21)24-5-7-25(8-6-24)20-22-4-9-28-20/h4,9,11-12,14H,3,5-8,10,13H2,1-2H3,(H2,21,23). The van der Waals surface area contributed by atoms with E-state index in [0.29, 0.717) is 19.1 Å². The van der Waals surface area contributed by atoms with E-state index in [1.807, 2.05) is 18.5 Å². The smallest absolute Gasteiger partial charge is 0.191 e. The van der Waals surface area contributed by atoms with Crippen molar-refractivity contribution in [2.24, 2.45) is 10.7 Å². The van der Waals surface area contributed by atoms with E-state index in [0.717, 1.165) is 54.8 Å². The number of ether oxygens (including phenoxy) is 2. The Morgan fingerprint density at radius 1 is 1.36 bits per heavy atom. The number of anilines is 1. The lowest BCUT2D eigenvalue weighted by atomic mass is 10.1. The van der Waals surface area contributed by atoms with Gasteiger partial charge >= 0.3 is 0 Å². The van der Waals surface area contributed by atoms with E-state index in [-0.39, 0.29) is 6.10 Å². The number of guanidine groups is 1. The average molecular weight is 402 g/mol. The maximum Gasteiger partial charge on any atom is 0.191 e. The van der Waals surface area contributed by atoms with Gasteiger partial charge in [-0.25, -0.2) is 9.98 Å². The van der Waals surface area contributed by atoms with Gasteiger partial charge in [-0.15, -0.1) is 11.3 Å². The average Bonchev–Trinajstić information content (AvgIpc) is 3.35. The molecule has 1 saturated heterocycles. The van der Waals surface area contributed by atoms with Crippen molar-refractivity contribution in [2.45, 2.75) is 32.9 Å². The number of hydrogen-bond donors (Lipinski definition) is 1. The van der Waals surface area contributed by atoms with Crippen molar-refractivity contribution in [3.63, 3.8) is 0 Å². The van der Waals surface area contributed by atoms with Crippen LogP contribution < -0.4 is 20.1 Å². The number of benzene rings is 1. The number of fused-ring (bicyclic) bond motifs is 1. The summed E-state index contributed by atoms with van der Waals surface area (Å²) in [5.74, 6) is 2.40. The van der Waals surface area contributed by atoms with Crippen molar-refractivity contribution in [3.8, 4) is 11.5 Å². The van der Waals surface area contributed by atoms with Crippen LogP contribution >= 0.6 is 11.3 Å². The Morgan fingerprint density at radius 3 is 2.89 bits per heavy atom. The molecule has 2 aliphatic rings. The Hall–Kier alpha value is -2.48. The number of thiazole rings is 1. The first-order valence-electron chi connectivity index (χ1n) is 9.78. The van der Waals surface area contributed by atoms with Crippen LogP contribution in [-0.4, -0.2) is 54.7 Å². The molecule has 0 radical (unpaired) electrons. The fourth-order valence-electron chi connectivity index (χ4n) is 3.66. The zero-order chi connectivity index (χ0) is 19.5. The van der Waals surface area contributed by atoms with Crippen LogP contribution in [0, 0.1) is 0 Å². The van der Waals surface area contributed by atoms with Crippen LogP contribution in [-0.2, 0) is 13.0 Å². The first-order chi connectivity index (χ1) is 13.6. The van der Waals surface area contributed by atoms with Gasteiger partial charge in [0.05, 0.1) is 13.2 Å². The van der Waals surface area contributed by atoms with E-state index in [1.54, 1.807) is 11.3 Å². The maximum atomic E-state index is 6.29. The summed E-state index contributed by atoms with van der Waals surface area (Å²) in [6.45, 7) is 8.68.